The molecule has 0 saturated heterocycles. The molecule has 0 aliphatic rings. The summed E-state index contributed by atoms with van der Waals surface area (Å²) in [6.07, 6.45) is 1.16. The van der Waals surface area contributed by atoms with Gasteiger partial charge in [0.2, 0.25) is 0 Å². The van der Waals surface area contributed by atoms with Crippen molar-refractivity contribution in [3.63, 3.8) is 0 Å². The maximum Gasteiger partial charge on any atom is 0.310 e. The Morgan fingerprint density at radius 1 is 1.33 bits per heavy atom. The predicted molar refractivity (Wildman–Crippen MR) is 72.2 cm³/mol. The Bertz CT molecular complexity index is 426. The van der Waals surface area contributed by atoms with Gasteiger partial charge in [0.15, 0.2) is 0 Å². The Balaban J connectivity index is 2.51. The number of benzene rings is 1. The first-order valence-electron chi connectivity index (χ1n) is 6.14. The lowest BCUT2D eigenvalue weighted by atomic mass is 10.1. The van der Waals surface area contributed by atoms with Crippen LogP contribution in [0.15, 0.2) is 24.3 Å². The van der Waals surface area contributed by atoms with E-state index in [1.165, 1.54) is 0 Å². The standard InChI is InChI=1S/C15H19NO2/c1-3-18-15(17)12-14-9-7-13(8-10-14)6-4-5-11-16-2/h7-10,16H,3,5,11-12H2,1-2H3. The first-order chi connectivity index (χ1) is 8.76. The summed E-state index contributed by atoms with van der Waals surface area (Å²) >= 11 is 0. The number of carbonyl (C=O) groups excluding carboxylic acids is 1. The van der Waals surface area contributed by atoms with E-state index in [9.17, 15) is 4.79 Å². The average molecular weight is 245 g/mol. The van der Waals surface area contributed by atoms with Crippen molar-refractivity contribution in [2.45, 2.75) is 19.8 Å². The Labute approximate surface area is 109 Å². The van der Waals surface area contributed by atoms with E-state index in [0.717, 1.165) is 24.1 Å². The minimum atomic E-state index is -0.189. The van der Waals surface area contributed by atoms with Crippen LogP contribution in [-0.4, -0.2) is 26.2 Å². The molecule has 1 rings (SSSR count). The van der Waals surface area contributed by atoms with Gasteiger partial charge in [0, 0.05) is 18.5 Å². The van der Waals surface area contributed by atoms with E-state index in [4.69, 9.17) is 4.74 Å². The van der Waals surface area contributed by atoms with Crippen molar-refractivity contribution >= 4 is 5.97 Å². The van der Waals surface area contributed by atoms with E-state index >= 15 is 0 Å². The molecule has 0 amide bonds. The molecule has 18 heavy (non-hydrogen) atoms. The fourth-order valence-electron chi connectivity index (χ4n) is 1.44. The molecule has 1 aromatic carbocycles. The topological polar surface area (TPSA) is 38.3 Å². The third kappa shape index (κ3) is 5.51. The molecule has 3 heteroatoms. The van der Waals surface area contributed by atoms with Crippen LogP contribution in [0.5, 0.6) is 0 Å². The van der Waals surface area contributed by atoms with Crippen LogP contribution in [0.3, 0.4) is 0 Å². The minimum Gasteiger partial charge on any atom is -0.466 e. The summed E-state index contributed by atoms with van der Waals surface area (Å²) in [5.74, 6) is 5.97. The number of hydrogen-bond acceptors (Lipinski definition) is 3. The number of carbonyl (C=O) groups is 1. The molecule has 0 atom stereocenters. The quantitative estimate of drug-likeness (QED) is 0.488. The van der Waals surface area contributed by atoms with Crippen LogP contribution in [0.2, 0.25) is 0 Å². The van der Waals surface area contributed by atoms with E-state index in [1.54, 1.807) is 0 Å². The van der Waals surface area contributed by atoms with E-state index in [2.05, 4.69) is 17.2 Å². The SMILES string of the molecule is CCOC(=O)Cc1ccc(C#CCCNC)cc1. The largest absolute Gasteiger partial charge is 0.466 e. The highest BCUT2D eigenvalue weighted by Gasteiger charge is 2.02. The number of ether oxygens (including phenoxy) is 1. The van der Waals surface area contributed by atoms with Crippen molar-refractivity contribution in [2.75, 3.05) is 20.2 Å². The van der Waals surface area contributed by atoms with E-state index in [1.807, 2.05) is 38.2 Å². The van der Waals surface area contributed by atoms with Gasteiger partial charge >= 0.3 is 5.97 Å². The molecule has 0 heterocycles. The summed E-state index contributed by atoms with van der Waals surface area (Å²) in [5, 5.41) is 3.04. The van der Waals surface area contributed by atoms with Crippen molar-refractivity contribution in [1.29, 1.82) is 0 Å². The summed E-state index contributed by atoms with van der Waals surface area (Å²) in [4.78, 5) is 11.3. The van der Waals surface area contributed by atoms with Crippen molar-refractivity contribution in [3.05, 3.63) is 35.4 Å². The average Bonchev–Trinajstić information content (AvgIpc) is 2.37. The van der Waals surface area contributed by atoms with Gasteiger partial charge in [-0.3, -0.25) is 4.79 Å². The van der Waals surface area contributed by atoms with Crippen LogP contribution in [0.25, 0.3) is 0 Å². The lowest BCUT2D eigenvalue weighted by molar-refractivity contribution is -0.142. The minimum absolute atomic E-state index is 0.189. The Kier molecular flexibility index (Phi) is 6.60. The summed E-state index contributed by atoms with van der Waals surface area (Å²) in [6.45, 7) is 3.13. The van der Waals surface area contributed by atoms with Gasteiger partial charge in [-0.1, -0.05) is 24.0 Å². The fourth-order valence-corrected chi connectivity index (χ4v) is 1.44. The molecule has 1 N–H and O–H groups in total. The van der Waals surface area contributed by atoms with Gasteiger partial charge in [-0.2, -0.15) is 0 Å². The second-order valence-corrected chi connectivity index (χ2v) is 3.83. The van der Waals surface area contributed by atoms with Crippen LogP contribution in [-0.2, 0) is 16.0 Å². The fraction of sp³-hybridized carbons (Fsp3) is 0.400. The van der Waals surface area contributed by atoms with Gasteiger partial charge in [0.05, 0.1) is 13.0 Å². The zero-order chi connectivity index (χ0) is 13.2. The van der Waals surface area contributed by atoms with Crippen molar-refractivity contribution in [1.82, 2.24) is 5.32 Å². The molecule has 96 valence electrons. The molecule has 0 saturated carbocycles. The first-order valence-corrected chi connectivity index (χ1v) is 6.14. The van der Waals surface area contributed by atoms with Gasteiger partial charge in [-0.25, -0.2) is 0 Å². The lowest BCUT2D eigenvalue weighted by Gasteiger charge is -2.01. The molecular weight excluding hydrogens is 226 g/mol. The molecule has 0 aromatic heterocycles. The first kappa shape index (κ1) is 14.3. The van der Waals surface area contributed by atoms with Gasteiger partial charge < -0.3 is 10.1 Å². The summed E-state index contributed by atoms with van der Waals surface area (Å²) in [6, 6.07) is 7.69. The molecule has 0 bridgehead atoms. The van der Waals surface area contributed by atoms with Crippen LogP contribution >= 0.6 is 0 Å². The smallest absolute Gasteiger partial charge is 0.310 e. The molecule has 0 aliphatic heterocycles. The van der Waals surface area contributed by atoms with Crippen LogP contribution in [0.4, 0.5) is 0 Å². The predicted octanol–water partition coefficient (Wildman–Crippen LogP) is 1.75. The molecule has 0 aliphatic carbocycles. The normalized spacial score (nSPS) is 9.44. The molecule has 1 aromatic rings. The van der Waals surface area contributed by atoms with Crippen molar-refractivity contribution < 1.29 is 9.53 Å². The highest BCUT2D eigenvalue weighted by molar-refractivity contribution is 5.72. The third-order valence-corrected chi connectivity index (χ3v) is 2.34. The number of rotatable bonds is 5. The molecule has 0 spiro atoms. The Morgan fingerprint density at radius 2 is 2.06 bits per heavy atom. The maximum absolute atomic E-state index is 11.3. The van der Waals surface area contributed by atoms with Crippen molar-refractivity contribution in [3.8, 4) is 11.8 Å². The lowest BCUT2D eigenvalue weighted by Crippen LogP contribution is -2.07. The zero-order valence-electron chi connectivity index (χ0n) is 11.0. The van der Waals surface area contributed by atoms with E-state index < -0.39 is 0 Å². The van der Waals surface area contributed by atoms with Crippen LogP contribution in [0, 0.1) is 11.8 Å². The third-order valence-electron chi connectivity index (χ3n) is 2.34. The maximum atomic E-state index is 11.3. The highest BCUT2D eigenvalue weighted by Crippen LogP contribution is 2.05. The second kappa shape index (κ2) is 8.32. The molecule has 0 fully saturated rings. The molecule has 0 unspecified atom stereocenters. The number of esters is 1. The molecule has 0 radical (unpaired) electrons. The van der Waals surface area contributed by atoms with Crippen molar-refractivity contribution in [2.24, 2.45) is 0 Å². The summed E-state index contributed by atoms with van der Waals surface area (Å²) in [7, 11) is 1.91. The number of nitrogens with one attached hydrogen (secondary N) is 1. The van der Waals surface area contributed by atoms with Gasteiger partial charge in [0.1, 0.15) is 0 Å². The van der Waals surface area contributed by atoms with Crippen LogP contribution in [0.1, 0.15) is 24.5 Å². The molecular formula is C15H19NO2. The Hall–Kier alpha value is -1.79. The van der Waals surface area contributed by atoms with Crippen LogP contribution < -0.4 is 5.32 Å². The van der Waals surface area contributed by atoms with E-state index in [-0.39, 0.29) is 5.97 Å². The second-order valence-electron chi connectivity index (χ2n) is 3.83. The Morgan fingerprint density at radius 3 is 2.67 bits per heavy atom. The summed E-state index contributed by atoms with van der Waals surface area (Å²) < 4.78 is 4.89. The highest BCUT2D eigenvalue weighted by atomic mass is 16.5. The monoisotopic (exact) mass is 245 g/mol. The van der Waals surface area contributed by atoms with Gasteiger partial charge in [-0.05, 0) is 31.7 Å². The molecule has 3 nitrogen and oxygen atoms in total. The van der Waals surface area contributed by atoms with Gasteiger partial charge in [0.25, 0.3) is 0 Å². The number of hydrogen-bond donors (Lipinski definition) is 1. The van der Waals surface area contributed by atoms with E-state index in [0.29, 0.717) is 13.0 Å². The zero-order valence-corrected chi connectivity index (χ0v) is 11.0. The summed E-state index contributed by atoms with van der Waals surface area (Å²) in [5.41, 5.74) is 1.92. The van der Waals surface area contributed by atoms with Gasteiger partial charge in [-0.15, -0.1) is 0 Å².